The van der Waals surface area contributed by atoms with E-state index in [2.05, 4.69) is 15.5 Å². The SMILES string of the molecule is CCN(CC)C(=O)c1cccc(NC(=O)CCc2nc(-c3cccs3)no2)c1. The molecule has 0 aliphatic heterocycles. The van der Waals surface area contributed by atoms with Crippen LogP contribution in [0.1, 0.15) is 36.5 Å². The van der Waals surface area contributed by atoms with Crippen LogP contribution in [0.4, 0.5) is 5.69 Å². The number of amides is 2. The maximum atomic E-state index is 12.4. The summed E-state index contributed by atoms with van der Waals surface area (Å²) in [6, 6.07) is 10.8. The zero-order valence-electron chi connectivity index (χ0n) is 15.8. The Hall–Kier alpha value is -3.00. The number of rotatable bonds is 8. The molecule has 0 saturated heterocycles. The third-order valence-corrected chi connectivity index (χ3v) is 5.09. The summed E-state index contributed by atoms with van der Waals surface area (Å²) in [5.74, 6) is 0.730. The highest BCUT2D eigenvalue weighted by molar-refractivity contribution is 7.13. The van der Waals surface area contributed by atoms with Gasteiger partial charge in [0, 0.05) is 37.2 Å². The van der Waals surface area contributed by atoms with Crippen LogP contribution in [0, 0.1) is 0 Å². The average Bonchev–Trinajstić information content (AvgIpc) is 3.39. The van der Waals surface area contributed by atoms with Gasteiger partial charge in [0.25, 0.3) is 5.91 Å². The summed E-state index contributed by atoms with van der Waals surface area (Å²) < 4.78 is 5.21. The van der Waals surface area contributed by atoms with Crippen LogP contribution < -0.4 is 5.32 Å². The lowest BCUT2D eigenvalue weighted by atomic mass is 10.1. The van der Waals surface area contributed by atoms with Gasteiger partial charge in [0.05, 0.1) is 4.88 Å². The second kappa shape index (κ2) is 9.27. The first-order valence-corrected chi connectivity index (χ1v) is 10.0. The van der Waals surface area contributed by atoms with Crippen LogP contribution >= 0.6 is 11.3 Å². The molecule has 8 heteroatoms. The lowest BCUT2D eigenvalue weighted by molar-refractivity contribution is -0.116. The Balaban J connectivity index is 1.56. The quantitative estimate of drug-likeness (QED) is 0.623. The van der Waals surface area contributed by atoms with Gasteiger partial charge in [-0.05, 0) is 43.5 Å². The highest BCUT2D eigenvalue weighted by atomic mass is 32.1. The molecule has 0 bridgehead atoms. The third kappa shape index (κ3) is 4.83. The molecule has 0 unspecified atom stereocenters. The van der Waals surface area contributed by atoms with Gasteiger partial charge in [-0.25, -0.2) is 0 Å². The molecule has 146 valence electrons. The molecule has 1 aromatic carbocycles. The van der Waals surface area contributed by atoms with Gasteiger partial charge in [-0.2, -0.15) is 4.98 Å². The summed E-state index contributed by atoms with van der Waals surface area (Å²) in [4.78, 5) is 31.7. The lowest BCUT2D eigenvalue weighted by Crippen LogP contribution is -2.30. The molecule has 0 aliphatic carbocycles. The van der Waals surface area contributed by atoms with E-state index >= 15 is 0 Å². The van der Waals surface area contributed by atoms with Crippen molar-refractivity contribution in [3.05, 3.63) is 53.2 Å². The molecule has 0 aliphatic rings. The fourth-order valence-corrected chi connectivity index (χ4v) is 3.38. The van der Waals surface area contributed by atoms with Gasteiger partial charge in [-0.15, -0.1) is 11.3 Å². The van der Waals surface area contributed by atoms with Gasteiger partial charge < -0.3 is 14.7 Å². The first-order chi connectivity index (χ1) is 13.6. The maximum Gasteiger partial charge on any atom is 0.253 e. The molecule has 0 radical (unpaired) electrons. The minimum atomic E-state index is -0.177. The number of nitrogens with zero attached hydrogens (tertiary/aromatic N) is 3. The van der Waals surface area contributed by atoms with E-state index in [0.29, 0.717) is 42.5 Å². The Morgan fingerprint density at radius 2 is 2.00 bits per heavy atom. The Labute approximate surface area is 167 Å². The number of anilines is 1. The van der Waals surface area contributed by atoms with Crippen LogP contribution in [0.25, 0.3) is 10.7 Å². The van der Waals surface area contributed by atoms with Crippen molar-refractivity contribution in [2.75, 3.05) is 18.4 Å². The molecule has 0 fully saturated rings. The smallest absolute Gasteiger partial charge is 0.253 e. The number of thiophene rings is 1. The minimum absolute atomic E-state index is 0.0481. The van der Waals surface area contributed by atoms with E-state index < -0.39 is 0 Å². The van der Waals surface area contributed by atoms with Crippen molar-refractivity contribution >= 4 is 28.8 Å². The molecular weight excluding hydrogens is 376 g/mol. The molecule has 3 rings (SSSR count). The maximum absolute atomic E-state index is 12.4. The first kappa shape index (κ1) is 19.8. The van der Waals surface area contributed by atoms with Crippen LogP contribution in [-0.4, -0.2) is 39.9 Å². The van der Waals surface area contributed by atoms with Gasteiger partial charge in [0.15, 0.2) is 0 Å². The molecule has 2 aromatic heterocycles. The molecule has 0 atom stereocenters. The Kier molecular flexibility index (Phi) is 6.54. The summed E-state index contributed by atoms with van der Waals surface area (Å²) >= 11 is 1.53. The lowest BCUT2D eigenvalue weighted by Gasteiger charge is -2.19. The van der Waals surface area contributed by atoms with Crippen LogP contribution in [0.2, 0.25) is 0 Å². The summed E-state index contributed by atoms with van der Waals surface area (Å²) in [7, 11) is 0. The third-order valence-electron chi connectivity index (χ3n) is 4.22. The number of benzene rings is 1. The molecule has 0 saturated carbocycles. The Bertz CT molecular complexity index is 933. The van der Waals surface area contributed by atoms with Gasteiger partial charge in [-0.3, -0.25) is 9.59 Å². The number of hydrogen-bond acceptors (Lipinski definition) is 6. The number of nitrogens with one attached hydrogen (secondary N) is 1. The van der Waals surface area contributed by atoms with Crippen molar-refractivity contribution < 1.29 is 14.1 Å². The van der Waals surface area contributed by atoms with Crippen molar-refractivity contribution in [2.45, 2.75) is 26.7 Å². The van der Waals surface area contributed by atoms with Crippen LogP contribution in [-0.2, 0) is 11.2 Å². The van der Waals surface area contributed by atoms with Crippen molar-refractivity contribution in [3.63, 3.8) is 0 Å². The summed E-state index contributed by atoms with van der Waals surface area (Å²) in [6.07, 6.45) is 0.558. The fourth-order valence-electron chi connectivity index (χ4n) is 2.73. The normalized spacial score (nSPS) is 10.6. The second-order valence-corrected chi connectivity index (χ2v) is 7.04. The Morgan fingerprint density at radius 3 is 2.71 bits per heavy atom. The van der Waals surface area contributed by atoms with Gasteiger partial charge in [0.1, 0.15) is 0 Å². The fraction of sp³-hybridized carbons (Fsp3) is 0.300. The zero-order chi connectivity index (χ0) is 19.9. The van der Waals surface area contributed by atoms with Gasteiger partial charge >= 0.3 is 0 Å². The number of aromatic nitrogens is 2. The monoisotopic (exact) mass is 398 g/mol. The van der Waals surface area contributed by atoms with Crippen LogP contribution in [0.3, 0.4) is 0 Å². The van der Waals surface area contributed by atoms with Gasteiger partial charge in [-0.1, -0.05) is 17.3 Å². The largest absolute Gasteiger partial charge is 0.339 e. The van der Waals surface area contributed by atoms with E-state index in [4.69, 9.17) is 4.52 Å². The summed E-state index contributed by atoms with van der Waals surface area (Å²) in [5.41, 5.74) is 1.15. The number of carbonyl (C=O) groups is 2. The molecular formula is C20H22N4O3S. The standard InChI is InChI=1S/C20H22N4O3S/c1-3-24(4-2)20(26)14-7-5-8-15(13-14)21-17(25)10-11-18-22-19(23-27-18)16-9-6-12-28-16/h5-9,12-13H,3-4,10-11H2,1-2H3,(H,21,25). The minimum Gasteiger partial charge on any atom is -0.339 e. The molecule has 1 N–H and O–H groups in total. The highest BCUT2D eigenvalue weighted by Gasteiger charge is 2.14. The first-order valence-electron chi connectivity index (χ1n) is 9.16. The molecule has 3 aromatic rings. The predicted octanol–water partition coefficient (Wildman–Crippen LogP) is 3.85. The van der Waals surface area contributed by atoms with E-state index in [-0.39, 0.29) is 18.2 Å². The van der Waals surface area contributed by atoms with Crippen LogP contribution in [0.5, 0.6) is 0 Å². The summed E-state index contributed by atoms with van der Waals surface area (Å²) in [6.45, 7) is 5.16. The van der Waals surface area contributed by atoms with Crippen LogP contribution in [0.15, 0.2) is 46.3 Å². The van der Waals surface area contributed by atoms with Crippen molar-refractivity contribution in [3.8, 4) is 10.7 Å². The van der Waals surface area contributed by atoms with E-state index in [0.717, 1.165) is 4.88 Å². The molecule has 0 spiro atoms. The Morgan fingerprint density at radius 1 is 1.18 bits per heavy atom. The van der Waals surface area contributed by atoms with Gasteiger partial charge in [0.2, 0.25) is 17.6 Å². The molecule has 28 heavy (non-hydrogen) atoms. The van der Waals surface area contributed by atoms with E-state index in [1.165, 1.54) is 11.3 Å². The molecule has 7 nitrogen and oxygen atoms in total. The van der Waals surface area contributed by atoms with Crippen molar-refractivity contribution in [1.82, 2.24) is 15.0 Å². The predicted molar refractivity (Wildman–Crippen MR) is 108 cm³/mol. The molecule has 2 heterocycles. The van der Waals surface area contributed by atoms with E-state index in [1.807, 2.05) is 31.4 Å². The van der Waals surface area contributed by atoms with Crippen molar-refractivity contribution in [1.29, 1.82) is 0 Å². The molecule has 2 amide bonds. The second-order valence-electron chi connectivity index (χ2n) is 6.10. The number of carbonyl (C=O) groups excluding carboxylic acids is 2. The van der Waals surface area contributed by atoms with Crippen molar-refractivity contribution in [2.24, 2.45) is 0 Å². The average molecular weight is 398 g/mol. The number of hydrogen-bond donors (Lipinski definition) is 1. The van der Waals surface area contributed by atoms with E-state index in [9.17, 15) is 9.59 Å². The highest BCUT2D eigenvalue weighted by Crippen LogP contribution is 2.21. The topological polar surface area (TPSA) is 88.3 Å². The number of aryl methyl sites for hydroxylation is 1. The zero-order valence-corrected chi connectivity index (χ0v) is 16.7. The van der Waals surface area contributed by atoms with E-state index in [1.54, 1.807) is 29.2 Å². The summed E-state index contributed by atoms with van der Waals surface area (Å²) in [5, 5.41) is 8.70.